The van der Waals surface area contributed by atoms with Crippen LogP contribution in [0.1, 0.15) is 27.8 Å². The highest BCUT2D eigenvalue weighted by atomic mass is 35.5. The van der Waals surface area contributed by atoms with Crippen LogP contribution in [0.4, 0.5) is 0 Å². The smallest absolute Gasteiger partial charge is 0.252 e. The van der Waals surface area contributed by atoms with E-state index in [1.165, 1.54) is 16.4 Å². The fraction of sp³-hybridized carbons (Fsp3) is 0.273. The maximum absolute atomic E-state index is 13.2. The fourth-order valence-electron chi connectivity index (χ4n) is 3.56. The number of sulfonamides is 1. The van der Waals surface area contributed by atoms with Gasteiger partial charge in [0.15, 0.2) is 0 Å². The Kier molecular flexibility index (Phi) is 6.61. The van der Waals surface area contributed by atoms with Gasteiger partial charge in [0.05, 0.1) is 18.1 Å². The Morgan fingerprint density at radius 2 is 1.88 bits per heavy atom. The van der Waals surface area contributed by atoms with Crippen LogP contribution < -0.4 is 5.32 Å². The topological polar surface area (TPSA) is 93.5 Å². The minimum atomic E-state index is -3.71. The highest BCUT2D eigenvalue weighted by Crippen LogP contribution is 2.24. The number of rotatable bonds is 6. The Balaban J connectivity index is 1.62. The summed E-state index contributed by atoms with van der Waals surface area (Å²) in [6, 6.07) is 12.6. The van der Waals surface area contributed by atoms with E-state index < -0.39 is 22.0 Å². The van der Waals surface area contributed by atoms with Gasteiger partial charge in [0.2, 0.25) is 10.0 Å². The van der Waals surface area contributed by atoms with E-state index >= 15 is 0 Å². The van der Waals surface area contributed by atoms with Crippen LogP contribution in [0.3, 0.4) is 0 Å². The highest BCUT2D eigenvalue weighted by molar-refractivity contribution is 7.89. The molecule has 0 spiro atoms. The fourth-order valence-corrected chi connectivity index (χ4v) is 5.14. The number of hydrogen-bond acceptors (Lipinski definition) is 5. The quantitative estimate of drug-likeness (QED) is 0.592. The Morgan fingerprint density at radius 3 is 2.53 bits per heavy atom. The molecule has 1 amide bonds. The number of imidazole rings is 1. The van der Waals surface area contributed by atoms with Crippen LogP contribution >= 0.6 is 11.6 Å². The third-order valence-electron chi connectivity index (χ3n) is 5.30. The van der Waals surface area contributed by atoms with E-state index in [0.29, 0.717) is 24.1 Å². The summed E-state index contributed by atoms with van der Waals surface area (Å²) in [7, 11) is -1.87. The van der Waals surface area contributed by atoms with Crippen molar-refractivity contribution in [1.82, 2.24) is 19.2 Å². The molecule has 1 saturated heterocycles. The van der Waals surface area contributed by atoms with Crippen LogP contribution in [0, 0.1) is 0 Å². The average molecular weight is 475 g/mol. The normalized spacial score (nSPS) is 15.9. The van der Waals surface area contributed by atoms with Crippen molar-refractivity contribution < 1.29 is 17.9 Å². The summed E-state index contributed by atoms with van der Waals surface area (Å²) < 4.78 is 34.4. The van der Waals surface area contributed by atoms with Crippen molar-refractivity contribution in [3.8, 4) is 0 Å². The lowest BCUT2D eigenvalue weighted by atomic mass is 10.1. The van der Waals surface area contributed by atoms with Gasteiger partial charge in [-0.15, -0.1) is 0 Å². The number of carbonyl (C=O) groups is 1. The minimum absolute atomic E-state index is 0.0760. The molecule has 4 rings (SSSR count). The SMILES string of the molecule is Cn1ccnc1[C@@H](NC(=O)c1cccc(S(=O)(=O)N2CCOCC2)c1)c1ccc(Cl)cc1. The van der Waals surface area contributed by atoms with E-state index in [1.54, 1.807) is 36.7 Å². The van der Waals surface area contributed by atoms with E-state index in [9.17, 15) is 13.2 Å². The number of nitrogens with zero attached hydrogens (tertiary/aromatic N) is 3. The lowest BCUT2D eigenvalue weighted by Gasteiger charge is -2.26. The molecule has 1 fully saturated rings. The van der Waals surface area contributed by atoms with E-state index in [-0.39, 0.29) is 23.5 Å². The molecule has 1 atom stereocenters. The van der Waals surface area contributed by atoms with E-state index in [4.69, 9.17) is 16.3 Å². The molecule has 8 nitrogen and oxygen atoms in total. The molecular formula is C22H23ClN4O4S. The van der Waals surface area contributed by atoms with Gasteiger partial charge in [0, 0.05) is 43.1 Å². The van der Waals surface area contributed by atoms with Gasteiger partial charge in [-0.25, -0.2) is 13.4 Å². The Hall–Kier alpha value is -2.72. The second-order valence-corrected chi connectivity index (χ2v) is 9.77. The van der Waals surface area contributed by atoms with E-state index in [1.807, 2.05) is 23.7 Å². The van der Waals surface area contributed by atoms with E-state index in [2.05, 4.69) is 10.3 Å². The van der Waals surface area contributed by atoms with Crippen molar-refractivity contribution in [3.05, 3.63) is 82.9 Å². The average Bonchev–Trinajstić information content (AvgIpc) is 3.24. The Morgan fingerprint density at radius 1 is 1.16 bits per heavy atom. The molecule has 1 N–H and O–H groups in total. The van der Waals surface area contributed by atoms with E-state index in [0.717, 1.165) is 5.56 Å². The van der Waals surface area contributed by atoms with Crippen molar-refractivity contribution in [3.63, 3.8) is 0 Å². The molecule has 2 heterocycles. The number of amides is 1. The molecule has 32 heavy (non-hydrogen) atoms. The molecule has 1 aliphatic rings. The van der Waals surface area contributed by atoms with Crippen LogP contribution in [0.25, 0.3) is 0 Å². The molecule has 168 valence electrons. The third kappa shape index (κ3) is 4.71. The van der Waals surface area contributed by atoms with Crippen molar-refractivity contribution in [2.75, 3.05) is 26.3 Å². The van der Waals surface area contributed by atoms with Crippen molar-refractivity contribution in [2.45, 2.75) is 10.9 Å². The molecule has 0 saturated carbocycles. The number of ether oxygens (including phenoxy) is 1. The van der Waals surface area contributed by atoms with Crippen molar-refractivity contribution in [1.29, 1.82) is 0 Å². The minimum Gasteiger partial charge on any atom is -0.379 e. The molecule has 0 radical (unpaired) electrons. The van der Waals surface area contributed by atoms with Gasteiger partial charge in [-0.2, -0.15) is 4.31 Å². The lowest BCUT2D eigenvalue weighted by molar-refractivity contribution is 0.0730. The van der Waals surface area contributed by atoms with Crippen LogP contribution in [0.15, 0.2) is 65.8 Å². The first-order valence-electron chi connectivity index (χ1n) is 10.1. The van der Waals surface area contributed by atoms with Crippen LogP contribution in [0.5, 0.6) is 0 Å². The predicted molar refractivity (Wildman–Crippen MR) is 120 cm³/mol. The zero-order chi connectivity index (χ0) is 22.7. The summed E-state index contributed by atoms with van der Waals surface area (Å²) in [4.78, 5) is 17.6. The summed E-state index contributed by atoms with van der Waals surface area (Å²) in [5, 5.41) is 3.56. The van der Waals surface area contributed by atoms with Crippen LogP contribution in [-0.2, 0) is 21.8 Å². The third-order valence-corrected chi connectivity index (χ3v) is 7.45. The number of hydrogen-bond donors (Lipinski definition) is 1. The largest absolute Gasteiger partial charge is 0.379 e. The van der Waals surface area contributed by atoms with Gasteiger partial charge in [-0.05, 0) is 35.9 Å². The second-order valence-electron chi connectivity index (χ2n) is 7.40. The van der Waals surface area contributed by atoms with Gasteiger partial charge >= 0.3 is 0 Å². The summed E-state index contributed by atoms with van der Waals surface area (Å²) >= 11 is 6.02. The molecule has 1 aliphatic heterocycles. The van der Waals surface area contributed by atoms with Gasteiger partial charge < -0.3 is 14.6 Å². The maximum atomic E-state index is 13.2. The molecule has 0 bridgehead atoms. The summed E-state index contributed by atoms with van der Waals surface area (Å²) in [6.07, 6.45) is 3.44. The first-order chi connectivity index (χ1) is 15.4. The molecule has 0 aliphatic carbocycles. The lowest BCUT2D eigenvalue weighted by Crippen LogP contribution is -2.40. The molecule has 2 aromatic carbocycles. The number of aryl methyl sites for hydroxylation is 1. The first kappa shape index (κ1) is 22.5. The summed E-state index contributed by atoms with van der Waals surface area (Å²) in [5.41, 5.74) is 1.04. The van der Waals surface area contributed by atoms with Crippen molar-refractivity contribution in [2.24, 2.45) is 7.05 Å². The monoisotopic (exact) mass is 474 g/mol. The molecule has 3 aromatic rings. The van der Waals surface area contributed by atoms with Gasteiger partial charge in [0.25, 0.3) is 5.91 Å². The van der Waals surface area contributed by atoms with Crippen molar-refractivity contribution >= 4 is 27.5 Å². The number of benzene rings is 2. The second kappa shape index (κ2) is 9.41. The summed E-state index contributed by atoms with van der Waals surface area (Å²) in [5.74, 6) is 0.227. The van der Waals surface area contributed by atoms with Gasteiger partial charge in [0.1, 0.15) is 11.9 Å². The number of carbonyl (C=O) groups excluding carboxylic acids is 1. The molecular weight excluding hydrogens is 452 g/mol. The standard InChI is InChI=1S/C22H23ClN4O4S/c1-26-10-9-24-21(26)20(16-5-7-18(23)8-6-16)25-22(28)17-3-2-4-19(15-17)32(29,30)27-11-13-31-14-12-27/h2-10,15,20H,11-14H2,1H3,(H,25,28)/t20-/m0/s1. The van der Waals surface area contributed by atoms with Crippen LogP contribution in [0.2, 0.25) is 5.02 Å². The van der Waals surface area contributed by atoms with Crippen LogP contribution in [-0.4, -0.2) is 54.5 Å². The Bertz CT molecular complexity index is 1200. The number of nitrogens with one attached hydrogen (secondary N) is 1. The molecule has 1 aromatic heterocycles. The zero-order valence-electron chi connectivity index (χ0n) is 17.4. The Labute approximate surface area is 191 Å². The summed E-state index contributed by atoms with van der Waals surface area (Å²) in [6.45, 7) is 1.28. The molecule has 0 unspecified atom stereocenters. The predicted octanol–water partition coefficient (Wildman–Crippen LogP) is 2.61. The van der Waals surface area contributed by atoms with Gasteiger partial charge in [-0.3, -0.25) is 4.79 Å². The van der Waals surface area contributed by atoms with Gasteiger partial charge in [-0.1, -0.05) is 29.8 Å². The maximum Gasteiger partial charge on any atom is 0.252 e. The number of halogens is 1. The number of aromatic nitrogens is 2. The zero-order valence-corrected chi connectivity index (χ0v) is 19.0. The highest BCUT2D eigenvalue weighted by Gasteiger charge is 2.27. The first-order valence-corrected chi connectivity index (χ1v) is 11.9. The molecule has 10 heteroatoms. The number of morpholine rings is 1.